The van der Waals surface area contributed by atoms with Crippen LogP contribution >= 0.6 is 0 Å². The Labute approximate surface area is 91.8 Å². The maximum Gasteiger partial charge on any atom is 0.279 e. The van der Waals surface area contributed by atoms with Crippen LogP contribution in [0.15, 0.2) is 35.9 Å². The standard InChI is InChI=1S/C8H9N5O2S/c9-7-2-1-6(3-11-7)13-16(14,15)8-4-10-5-12-8/h1-5,13H,(H2,9,11)(H,10,12). The van der Waals surface area contributed by atoms with Gasteiger partial charge in [-0.3, -0.25) is 4.72 Å². The SMILES string of the molecule is Nc1ccc(NS(=O)(=O)c2cnc[nH]2)cn1. The second-order valence-corrected chi connectivity index (χ2v) is 4.64. The summed E-state index contributed by atoms with van der Waals surface area (Å²) < 4.78 is 25.7. The van der Waals surface area contributed by atoms with Crippen LogP contribution in [0.3, 0.4) is 0 Å². The van der Waals surface area contributed by atoms with Crippen LogP contribution in [-0.2, 0) is 10.0 Å². The summed E-state index contributed by atoms with van der Waals surface area (Å²) >= 11 is 0. The number of nitrogens with two attached hydrogens (primary N) is 1. The maximum absolute atomic E-state index is 11.7. The van der Waals surface area contributed by atoms with Gasteiger partial charge in [0.15, 0.2) is 5.03 Å². The number of imidazole rings is 1. The van der Waals surface area contributed by atoms with E-state index in [0.29, 0.717) is 11.5 Å². The Morgan fingerprint density at radius 1 is 1.31 bits per heavy atom. The summed E-state index contributed by atoms with van der Waals surface area (Å²) in [7, 11) is -3.63. The third kappa shape index (κ3) is 2.11. The van der Waals surface area contributed by atoms with E-state index in [1.54, 1.807) is 0 Å². The first-order valence-electron chi connectivity index (χ1n) is 4.31. The van der Waals surface area contributed by atoms with Crippen molar-refractivity contribution in [3.05, 3.63) is 30.9 Å². The molecule has 4 N–H and O–H groups in total. The van der Waals surface area contributed by atoms with Gasteiger partial charge in [-0.05, 0) is 12.1 Å². The smallest absolute Gasteiger partial charge is 0.279 e. The van der Waals surface area contributed by atoms with Gasteiger partial charge in [0.25, 0.3) is 10.0 Å². The predicted molar refractivity (Wildman–Crippen MR) is 58.0 cm³/mol. The Bertz CT molecular complexity index is 561. The molecule has 2 heterocycles. The molecule has 0 amide bonds. The first-order valence-corrected chi connectivity index (χ1v) is 5.79. The Hall–Kier alpha value is -2.09. The molecular formula is C8H9N5O2S. The van der Waals surface area contributed by atoms with E-state index >= 15 is 0 Å². The molecule has 0 radical (unpaired) electrons. The molecule has 0 aliphatic heterocycles. The van der Waals surface area contributed by atoms with E-state index < -0.39 is 10.0 Å². The molecule has 0 bridgehead atoms. The summed E-state index contributed by atoms with van der Waals surface area (Å²) in [6.07, 6.45) is 3.84. The number of aromatic nitrogens is 3. The topological polar surface area (TPSA) is 114 Å². The molecule has 2 rings (SSSR count). The average molecular weight is 239 g/mol. The fourth-order valence-electron chi connectivity index (χ4n) is 1.07. The van der Waals surface area contributed by atoms with Gasteiger partial charge < -0.3 is 10.7 Å². The molecule has 7 nitrogen and oxygen atoms in total. The first kappa shape index (κ1) is 10.4. The normalized spacial score (nSPS) is 11.2. The third-order valence-electron chi connectivity index (χ3n) is 1.80. The Kier molecular flexibility index (Phi) is 2.49. The molecule has 0 aliphatic carbocycles. The molecule has 8 heteroatoms. The molecular weight excluding hydrogens is 230 g/mol. The fourth-order valence-corrected chi connectivity index (χ4v) is 2.01. The molecule has 2 aromatic rings. The Morgan fingerprint density at radius 3 is 2.69 bits per heavy atom. The van der Waals surface area contributed by atoms with Gasteiger partial charge in [0.05, 0.1) is 24.4 Å². The van der Waals surface area contributed by atoms with Crippen molar-refractivity contribution in [2.45, 2.75) is 5.03 Å². The molecule has 2 aromatic heterocycles. The fraction of sp³-hybridized carbons (Fsp3) is 0. The third-order valence-corrected chi connectivity index (χ3v) is 3.11. The molecule has 0 aliphatic rings. The van der Waals surface area contributed by atoms with Gasteiger partial charge in [-0.25, -0.2) is 9.97 Å². The number of pyridine rings is 1. The van der Waals surface area contributed by atoms with Gasteiger partial charge >= 0.3 is 0 Å². The Balaban J connectivity index is 2.25. The summed E-state index contributed by atoms with van der Waals surface area (Å²) in [5.41, 5.74) is 5.72. The van der Waals surface area contributed by atoms with E-state index in [-0.39, 0.29) is 5.03 Å². The highest BCUT2D eigenvalue weighted by Crippen LogP contribution is 2.13. The number of sulfonamides is 1. The minimum atomic E-state index is -3.63. The zero-order valence-corrected chi connectivity index (χ0v) is 8.90. The van der Waals surface area contributed by atoms with E-state index in [9.17, 15) is 8.42 Å². The number of aromatic amines is 1. The summed E-state index contributed by atoms with van der Waals surface area (Å²) in [5, 5.41) is -0.00988. The number of rotatable bonds is 3. The van der Waals surface area contributed by atoms with Crippen molar-refractivity contribution in [3.8, 4) is 0 Å². The minimum absolute atomic E-state index is 0.00988. The van der Waals surface area contributed by atoms with Crippen LogP contribution in [-0.4, -0.2) is 23.4 Å². The molecule has 0 spiro atoms. The lowest BCUT2D eigenvalue weighted by Gasteiger charge is -2.05. The number of nitrogen functional groups attached to an aromatic ring is 1. The largest absolute Gasteiger partial charge is 0.384 e. The highest BCUT2D eigenvalue weighted by atomic mass is 32.2. The first-order chi connectivity index (χ1) is 7.58. The van der Waals surface area contributed by atoms with Crippen molar-refractivity contribution in [1.82, 2.24) is 15.0 Å². The second-order valence-electron chi connectivity index (χ2n) is 2.99. The van der Waals surface area contributed by atoms with E-state index in [2.05, 4.69) is 19.7 Å². The molecule has 0 unspecified atom stereocenters. The lowest BCUT2D eigenvalue weighted by atomic mass is 10.4. The van der Waals surface area contributed by atoms with Gasteiger partial charge in [0.1, 0.15) is 5.82 Å². The van der Waals surface area contributed by atoms with Crippen molar-refractivity contribution < 1.29 is 8.42 Å². The molecule has 0 saturated heterocycles. The van der Waals surface area contributed by atoms with Crippen LogP contribution in [0, 0.1) is 0 Å². The van der Waals surface area contributed by atoms with Crippen molar-refractivity contribution in [2.75, 3.05) is 10.5 Å². The van der Waals surface area contributed by atoms with Gasteiger partial charge in [-0.2, -0.15) is 8.42 Å². The minimum Gasteiger partial charge on any atom is -0.384 e. The summed E-state index contributed by atoms with van der Waals surface area (Å²) in [6, 6.07) is 3.03. The van der Waals surface area contributed by atoms with E-state index in [1.165, 1.54) is 30.9 Å². The molecule has 0 atom stereocenters. The number of H-pyrrole nitrogens is 1. The van der Waals surface area contributed by atoms with Crippen molar-refractivity contribution in [3.63, 3.8) is 0 Å². The summed E-state index contributed by atoms with van der Waals surface area (Å²) in [4.78, 5) is 9.91. The van der Waals surface area contributed by atoms with Gasteiger partial charge in [-0.15, -0.1) is 0 Å². The Morgan fingerprint density at radius 2 is 2.12 bits per heavy atom. The van der Waals surface area contributed by atoms with Crippen molar-refractivity contribution in [2.24, 2.45) is 0 Å². The number of nitrogens with one attached hydrogen (secondary N) is 2. The highest BCUT2D eigenvalue weighted by molar-refractivity contribution is 7.92. The average Bonchev–Trinajstić information content (AvgIpc) is 2.75. The monoisotopic (exact) mass is 239 g/mol. The maximum atomic E-state index is 11.7. The zero-order valence-electron chi connectivity index (χ0n) is 8.08. The second kappa shape index (κ2) is 3.81. The number of hydrogen-bond acceptors (Lipinski definition) is 5. The lowest BCUT2D eigenvalue weighted by Crippen LogP contribution is -2.13. The molecule has 16 heavy (non-hydrogen) atoms. The molecule has 0 saturated carbocycles. The van der Waals surface area contributed by atoms with E-state index in [0.717, 1.165) is 0 Å². The summed E-state index contributed by atoms with van der Waals surface area (Å²) in [5.74, 6) is 0.324. The molecule has 0 fully saturated rings. The number of anilines is 2. The number of nitrogens with zero attached hydrogens (tertiary/aromatic N) is 2. The lowest BCUT2D eigenvalue weighted by molar-refractivity contribution is 0.598. The van der Waals surface area contributed by atoms with Gasteiger partial charge in [0.2, 0.25) is 0 Å². The van der Waals surface area contributed by atoms with Gasteiger partial charge in [0, 0.05) is 0 Å². The van der Waals surface area contributed by atoms with Crippen LogP contribution in [0.4, 0.5) is 11.5 Å². The molecule has 0 aromatic carbocycles. The van der Waals surface area contributed by atoms with Gasteiger partial charge in [-0.1, -0.05) is 0 Å². The highest BCUT2D eigenvalue weighted by Gasteiger charge is 2.15. The van der Waals surface area contributed by atoms with E-state index in [1.807, 2.05) is 0 Å². The van der Waals surface area contributed by atoms with Crippen LogP contribution in [0.1, 0.15) is 0 Å². The van der Waals surface area contributed by atoms with Crippen LogP contribution in [0.2, 0.25) is 0 Å². The summed E-state index contributed by atoms with van der Waals surface area (Å²) in [6.45, 7) is 0. The predicted octanol–water partition coefficient (Wildman–Crippen LogP) is 0.188. The zero-order chi connectivity index (χ0) is 11.6. The van der Waals surface area contributed by atoms with Crippen molar-refractivity contribution >= 4 is 21.5 Å². The number of hydrogen-bond donors (Lipinski definition) is 3. The quantitative estimate of drug-likeness (QED) is 0.707. The van der Waals surface area contributed by atoms with Crippen LogP contribution < -0.4 is 10.5 Å². The molecule has 84 valence electrons. The van der Waals surface area contributed by atoms with Crippen molar-refractivity contribution in [1.29, 1.82) is 0 Å². The van der Waals surface area contributed by atoms with E-state index in [4.69, 9.17) is 5.73 Å². The van der Waals surface area contributed by atoms with Crippen LogP contribution in [0.5, 0.6) is 0 Å². The van der Waals surface area contributed by atoms with Crippen LogP contribution in [0.25, 0.3) is 0 Å².